The SMILES string of the molecule is CN(C(=S)NC1CCCCC1)C1CCCC1. The van der Waals surface area contributed by atoms with E-state index in [0.29, 0.717) is 12.1 Å². The molecule has 0 amide bonds. The third-order valence-electron chi connectivity index (χ3n) is 4.13. The van der Waals surface area contributed by atoms with E-state index in [-0.39, 0.29) is 0 Å². The van der Waals surface area contributed by atoms with Crippen molar-refractivity contribution in [3.8, 4) is 0 Å². The van der Waals surface area contributed by atoms with Crippen molar-refractivity contribution in [3.05, 3.63) is 0 Å². The van der Waals surface area contributed by atoms with E-state index in [2.05, 4.69) is 17.3 Å². The van der Waals surface area contributed by atoms with E-state index in [1.54, 1.807) is 0 Å². The van der Waals surface area contributed by atoms with Crippen LogP contribution in [0.1, 0.15) is 57.8 Å². The Morgan fingerprint density at radius 1 is 1.00 bits per heavy atom. The quantitative estimate of drug-likeness (QED) is 0.747. The third kappa shape index (κ3) is 3.09. The number of nitrogens with zero attached hydrogens (tertiary/aromatic N) is 1. The molecule has 0 aliphatic heterocycles. The van der Waals surface area contributed by atoms with Gasteiger partial charge in [-0.1, -0.05) is 32.1 Å². The highest BCUT2D eigenvalue weighted by molar-refractivity contribution is 7.80. The summed E-state index contributed by atoms with van der Waals surface area (Å²) in [5, 5.41) is 4.54. The van der Waals surface area contributed by atoms with Crippen LogP contribution in [0.4, 0.5) is 0 Å². The molecule has 0 spiro atoms. The van der Waals surface area contributed by atoms with Crippen LogP contribution < -0.4 is 5.32 Å². The molecule has 0 saturated heterocycles. The molecule has 2 aliphatic rings. The Balaban J connectivity index is 1.77. The Morgan fingerprint density at radius 3 is 2.19 bits per heavy atom. The minimum absolute atomic E-state index is 0.644. The Morgan fingerprint density at radius 2 is 1.56 bits per heavy atom. The van der Waals surface area contributed by atoms with Crippen molar-refractivity contribution in [2.24, 2.45) is 0 Å². The van der Waals surface area contributed by atoms with E-state index < -0.39 is 0 Å². The topological polar surface area (TPSA) is 15.3 Å². The van der Waals surface area contributed by atoms with Gasteiger partial charge in [0.15, 0.2) is 5.11 Å². The Kier molecular flexibility index (Phi) is 4.45. The first-order valence-electron chi connectivity index (χ1n) is 6.80. The first kappa shape index (κ1) is 12.2. The standard InChI is InChI=1S/C13H24N2S/c1-15(12-9-5-6-10-12)13(16)14-11-7-3-2-4-8-11/h11-12H,2-10H2,1H3,(H,14,16). The van der Waals surface area contributed by atoms with E-state index >= 15 is 0 Å². The van der Waals surface area contributed by atoms with Crippen LogP contribution in [0.3, 0.4) is 0 Å². The Bertz CT molecular complexity index is 230. The summed E-state index contributed by atoms with van der Waals surface area (Å²) in [6.07, 6.45) is 12.1. The lowest BCUT2D eigenvalue weighted by molar-refractivity contribution is 0.345. The van der Waals surface area contributed by atoms with E-state index in [4.69, 9.17) is 12.2 Å². The average Bonchev–Trinajstić information content (AvgIpc) is 2.83. The van der Waals surface area contributed by atoms with Gasteiger partial charge in [-0.15, -0.1) is 0 Å². The van der Waals surface area contributed by atoms with Gasteiger partial charge < -0.3 is 10.2 Å². The second-order valence-corrected chi connectivity index (χ2v) is 5.72. The van der Waals surface area contributed by atoms with Gasteiger partial charge in [0.05, 0.1) is 0 Å². The van der Waals surface area contributed by atoms with Crippen LogP contribution in [-0.4, -0.2) is 29.1 Å². The van der Waals surface area contributed by atoms with E-state index in [1.807, 2.05) is 0 Å². The van der Waals surface area contributed by atoms with Crippen molar-refractivity contribution >= 4 is 17.3 Å². The fourth-order valence-corrected chi connectivity index (χ4v) is 3.30. The summed E-state index contributed by atoms with van der Waals surface area (Å²) >= 11 is 5.51. The van der Waals surface area contributed by atoms with E-state index in [1.165, 1.54) is 57.8 Å². The third-order valence-corrected chi connectivity index (χ3v) is 4.53. The summed E-state index contributed by atoms with van der Waals surface area (Å²) in [4.78, 5) is 2.30. The molecule has 2 rings (SSSR count). The molecule has 2 saturated carbocycles. The number of thiocarbonyl (C=S) groups is 1. The van der Waals surface area contributed by atoms with E-state index in [0.717, 1.165) is 5.11 Å². The van der Waals surface area contributed by atoms with Crippen molar-refractivity contribution in [3.63, 3.8) is 0 Å². The number of hydrogen-bond acceptors (Lipinski definition) is 1. The van der Waals surface area contributed by atoms with Gasteiger partial charge in [0.25, 0.3) is 0 Å². The summed E-state index contributed by atoms with van der Waals surface area (Å²) in [6, 6.07) is 1.34. The number of rotatable bonds is 2. The predicted molar refractivity (Wildman–Crippen MR) is 72.6 cm³/mol. The summed E-state index contributed by atoms with van der Waals surface area (Å²) in [6.45, 7) is 0. The summed E-state index contributed by atoms with van der Waals surface area (Å²) in [5.41, 5.74) is 0. The fraction of sp³-hybridized carbons (Fsp3) is 0.923. The molecule has 2 fully saturated rings. The van der Waals surface area contributed by atoms with Gasteiger partial charge in [-0.2, -0.15) is 0 Å². The zero-order valence-electron chi connectivity index (χ0n) is 10.4. The molecule has 0 radical (unpaired) electrons. The average molecular weight is 240 g/mol. The molecular weight excluding hydrogens is 216 g/mol. The van der Waals surface area contributed by atoms with Crippen LogP contribution in [0.15, 0.2) is 0 Å². The zero-order chi connectivity index (χ0) is 11.4. The first-order valence-corrected chi connectivity index (χ1v) is 7.21. The molecule has 3 heteroatoms. The molecule has 0 bridgehead atoms. The smallest absolute Gasteiger partial charge is 0.169 e. The lowest BCUT2D eigenvalue weighted by Crippen LogP contribution is -2.46. The lowest BCUT2D eigenvalue weighted by Gasteiger charge is -2.31. The van der Waals surface area contributed by atoms with Crippen molar-refractivity contribution in [1.82, 2.24) is 10.2 Å². The molecule has 16 heavy (non-hydrogen) atoms. The monoisotopic (exact) mass is 240 g/mol. The molecule has 2 aliphatic carbocycles. The minimum Gasteiger partial charge on any atom is -0.360 e. The van der Waals surface area contributed by atoms with Crippen molar-refractivity contribution in [1.29, 1.82) is 0 Å². The molecule has 0 aromatic rings. The van der Waals surface area contributed by atoms with Crippen molar-refractivity contribution < 1.29 is 0 Å². The van der Waals surface area contributed by atoms with Gasteiger partial charge in [0.1, 0.15) is 0 Å². The highest BCUT2D eigenvalue weighted by Crippen LogP contribution is 2.23. The van der Waals surface area contributed by atoms with Crippen LogP contribution >= 0.6 is 12.2 Å². The molecule has 2 nitrogen and oxygen atoms in total. The predicted octanol–water partition coefficient (Wildman–Crippen LogP) is 3.07. The molecule has 0 heterocycles. The highest BCUT2D eigenvalue weighted by atomic mass is 32.1. The number of hydrogen-bond donors (Lipinski definition) is 1. The minimum atomic E-state index is 0.644. The van der Waals surface area contributed by atoms with E-state index in [9.17, 15) is 0 Å². The highest BCUT2D eigenvalue weighted by Gasteiger charge is 2.23. The second kappa shape index (κ2) is 5.85. The molecule has 0 unspecified atom stereocenters. The summed E-state index contributed by atoms with van der Waals surface area (Å²) in [7, 11) is 2.16. The Hall–Kier alpha value is -0.310. The second-order valence-electron chi connectivity index (χ2n) is 5.33. The van der Waals surface area contributed by atoms with Gasteiger partial charge in [-0.05, 0) is 37.9 Å². The van der Waals surface area contributed by atoms with Crippen molar-refractivity contribution in [2.45, 2.75) is 69.9 Å². The number of nitrogens with one attached hydrogen (secondary N) is 1. The van der Waals surface area contributed by atoms with Crippen LogP contribution in [0.2, 0.25) is 0 Å². The first-order chi connectivity index (χ1) is 7.77. The molecule has 0 atom stereocenters. The normalized spacial score (nSPS) is 23.3. The molecule has 0 aromatic carbocycles. The van der Waals surface area contributed by atoms with Crippen LogP contribution in [0.5, 0.6) is 0 Å². The molecular formula is C13H24N2S. The van der Waals surface area contributed by atoms with Gasteiger partial charge in [-0.3, -0.25) is 0 Å². The maximum Gasteiger partial charge on any atom is 0.169 e. The van der Waals surface area contributed by atoms with Gasteiger partial charge in [0, 0.05) is 19.1 Å². The van der Waals surface area contributed by atoms with Gasteiger partial charge in [-0.25, -0.2) is 0 Å². The Labute approximate surface area is 105 Å². The van der Waals surface area contributed by atoms with Crippen LogP contribution in [-0.2, 0) is 0 Å². The summed E-state index contributed by atoms with van der Waals surface area (Å²) in [5.74, 6) is 0. The molecule has 0 aromatic heterocycles. The molecule has 1 N–H and O–H groups in total. The maximum atomic E-state index is 5.51. The molecule has 92 valence electrons. The zero-order valence-corrected chi connectivity index (χ0v) is 11.2. The van der Waals surface area contributed by atoms with Crippen LogP contribution in [0, 0.1) is 0 Å². The lowest BCUT2D eigenvalue weighted by atomic mass is 9.96. The van der Waals surface area contributed by atoms with Gasteiger partial charge >= 0.3 is 0 Å². The maximum absolute atomic E-state index is 5.51. The summed E-state index contributed by atoms with van der Waals surface area (Å²) < 4.78 is 0. The largest absolute Gasteiger partial charge is 0.360 e. The fourth-order valence-electron chi connectivity index (χ4n) is 2.98. The van der Waals surface area contributed by atoms with Crippen molar-refractivity contribution in [2.75, 3.05) is 7.05 Å². The van der Waals surface area contributed by atoms with Crippen LogP contribution in [0.25, 0.3) is 0 Å². The van der Waals surface area contributed by atoms with Gasteiger partial charge in [0.2, 0.25) is 0 Å².